The Balaban J connectivity index is 1.59. The van der Waals surface area contributed by atoms with E-state index in [9.17, 15) is 14.0 Å². The average molecular weight is 439 g/mol. The Bertz CT molecular complexity index is 1150. The predicted molar refractivity (Wildman–Crippen MR) is 117 cm³/mol. The molecule has 3 aromatic carbocycles. The van der Waals surface area contributed by atoms with Crippen LogP contribution in [0.25, 0.3) is 0 Å². The van der Waals surface area contributed by atoms with Gasteiger partial charge in [-0.3, -0.25) is 9.59 Å². The predicted octanol–water partition coefficient (Wildman–Crippen LogP) is 5.04. The smallest absolute Gasteiger partial charge is 0.263 e. The second kappa shape index (κ2) is 8.78. The first-order valence-corrected chi connectivity index (χ1v) is 10.2. The van der Waals surface area contributed by atoms with Crippen molar-refractivity contribution in [3.8, 4) is 5.75 Å². The van der Waals surface area contributed by atoms with Crippen LogP contribution in [0.4, 0.5) is 10.1 Å². The van der Waals surface area contributed by atoms with Gasteiger partial charge in [-0.2, -0.15) is 0 Å². The molecule has 0 radical (unpaired) electrons. The molecule has 7 heteroatoms. The third-order valence-corrected chi connectivity index (χ3v) is 5.41. The minimum atomic E-state index is -0.711. The second-order valence-electron chi connectivity index (χ2n) is 7.30. The van der Waals surface area contributed by atoms with Gasteiger partial charge in [0.15, 0.2) is 6.10 Å². The van der Waals surface area contributed by atoms with Gasteiger partial charge in [0.2, 0.25) is 0 Å². The molecule has 0 unspecified atom stereocenters. The molecule has 0 saturated carbocycles. The Morgan fingerprint density at radius 3 is 2.68 bits per heavy atom. The van der Waals surface area contributed by atoms with Crippen molar-refractivity contribution >= 4 is 29.1 Å². The first kappa shape index (κ1) is 20.9. The number of carbonyl (C=O) groups is 2. The van der Waals surface area contributed by atoms with E-state index in [-0.39, 0.29) is 30.7 Å². The number of nitrogens with one attached hydrogen (secondary N) is 1. The van der Waals surface area contributed by atoms with Crippen molar-refractivity contribution in [3.05, 3.63) is 94.3 Å². The average Bonchev–Trinajstić information content (AvgIpc) is 2.86. The number of benzene rings is 3. The summed E-state index contributed by atoms with van der Waals surface area (Å²) in [5.41, 5.74) is 2.04. The molecule has 0 aromatic heterocycles. The number of fused-ring (bicyclic) bond motifs is 1. The van der Waals surface area contributed by atoms with E-state index in [4.69, 9.17) is 16.3 Å². The highest BCUT2D eigenvalue weighted by Crippen LogP contribution is 2.30. The van der Waals surface area contributed by atoms with Gasteiger partial charge in [0.05, 0.1) is 10.6 Å². The number of ether oxygens (including phenoxy) is 1. The molecule has 5 nitrogen and oxygen atoms in total. The van der Waals surface area contributed by atoms with Gasteiger partial charge in [0, 0.05) is 29.9 Å². The van der Waals surface area contributed by atoms with Crippen molar-refractivity contribution in [3.63, 3.8) is 0 Å². The summed E-state index contributed by atoms with van der Waals surface area (Å²) in [7, 11) is 0. The lowest BCUT2D eigenvalue weighted by Crippen LogP contribution is -2.37. The van der Waals surface area contributed by atoms with E-state index in [0.717, 1.165) is 0 Å². The molecule has 1 aliphatic rings. The van der Waals surface area contributed by atoms with Crippen molar-refractivity contribution in [1.82, 2.24) is 4.90 Å². The summed E-state index contributed by atoms with van der Waals surface area (Å²) < 4.78 is 20.0. The van der Waals surface area contributed by atoms with Crippen LogP contribution in [0, 0.1) is 5.82 Å². The summed E-state index contributed by atoms with van der Waals surface area (Å²) in [5, 5.41) is 3.18. The molecule has 1 aliphatic heterocycles. The number of anilines is 1. The first-order valence-electron chi connectivity index (χ1n) is 9.80. The van der Waals surface area contributed by atoms with E-state index in [1.165, 1.54) is 6.07 Å². The van der Waals surface area contributed by atoms with Crippen molar-refractivity contribution in [2.45, 2.75) is 26.1 Å². The van der Waals surface area contributed by atoms with Crippen molar-refractivity contribution in [2.75, 3.05) is 5.32 Å². The summed E-state index contributed by atoms with van der Waals surface area (Å²) in [6.45, 7) is 2.01. The molecular weight excluding hydrogens is 419 g/mol. The van der Waals surface area contributed by atoms with Crippen LogP contribution in [0.3, 0.4) is 0 Å². The van der Waals surface area contributed by atoms with Crippen molar-refractivity contribution in [1.29, 1.82) is 0 Å². The molecular formula is C24H20ClFN2O3. The molecule has 0 aliphatic carbocycles. The van der Waals surface area contributed by atoms with Crippen LogP contribution in [0.5, 0.6) is 5.75 Å². The number of amides is 2. The fourth-order valence-corrected chi connectivity index (χ4v) is 3.71. The molecule has 3 aromatic rings. The van der Waals surface area contributed by atoms with E-state index in [1.807, 2.05) is 0 Å². The van der Waals surface area contributed by atoms with Gasteiger partial charge < -0.3 is 15.0 Å². The maximum absolute atomic E-state index is 14.1. The number of rotatable bonds is 4. The molecule has 0 saturated heterocycles. The highest BCUT2D eigenvalue weighted by atomic mass is 35.5. The van der Waals surface area contributed by atoms with Gasteiger partial charge in [-0.05, 0) is 43.3 Å². The van der Waals surface area contributed by atoms with Crippen LogP contribution in [-0.4, -0.2) is 22.8 Å². The molecule has 1 heterocycles. The minimum Gasteiger partial charge on any atom is -0.481 e. The molecule has 158 valence electrons. The van der Waals surface area contributed by atoms with E-state index in [1.54, 1.807) is 72.5 Å². The fraction of sp³-hybridized carbons (Fsp3) is 0.167. The monoisotopic (exact) mass is 438 g/mol. The first-order chi connectivity index (χ1) is 14.9. The number of hydrogen-bond acceptors (Lipinski definition) is 3. The number of carbonyl (C=O) groups excluding carboxylic acids is 2. The zero-order chi connectivity index (χ0) is 22.0. The number of hydrogen-bond donors (Lipinski definition) is 1. The van der Waals surface area contributed by atoms with Gasteiger partial charge in [0.25, 0.3) is 11.8 Å². The highest BCUT2D eigenvalue weighted by molar-refractivity contribution is 6.34. The van der Waals surface area contributed by atoms with Gasteiger partial charge in [0.1, 0.15) is 11.6 Å². The SMILES string of the molecule is C[C@@H]1Oc2ccc(NC(=O)c3ccccc3Cl)cc2CN(Cc2ccccc2F)C1=O. The Labute approximate surface area is 184 Å². The lowest BCUT2D eigenvalue weighted by molar-refractivity contribution is -0.138. The standard InChI is InChI=1S/C24H20ClFN2O3/c1-15-24(30)28(13-16-6-2-5-9-21(16)26)14-17-12-18(10-11-22(17)31-15)27-23(29)19-7-3-4-8-20(19)25/h2-12,15H,13-14H2,1H3,(H,27,29)/t15-/m0/s1. The van der Waals surface area contributed by atoms with Gasteiger partial charge in [-0.1, -0.05) is 41.9 Å². The summed E-state index contributed by atoms with van der Waals surface area (Å²) in [6, 6.07) is 18.3. The minimum absolute atomic E-state index is 0.120. The van der Waals surface area contributed by atoms with Crippen LogP contribution in [-0.2, 0) is 17.9 Å². The van der Waals surface area contributed by atoms with Crippen LogP contribution < -0.4 is 10.1 Å². The van der Waals surface area contributed by atoms with Gasteiger partial charge >= 0.3 is 0 Å². The molecule has 0 bridgehead atoms. The molecule has 1 atom stereocenters. The zero-order valence-electron chi connectivity index (χ0n) is 16.8. The highest BCUT2D eigenvalue weighted by Gasteiger charge is 2.28. The number of nitrogens with zero attached hydrogens (tertiary/aromatic N) is 1. The lowest BCUT2D eigenvalue weighted by Gasteiger charge is -2.22. The van der Waals surface area contributed by atoms with E-state index in [0.29, 0.717) is 33.1 Å². The fourth-order valence-electron chi connectivity index (χ4n) is 3.49. The van der Waals surface area contributed by atoms with E-state index >= 15 is 0 Å². The van der Waals surface area contributed by atoms with Crippen LogP contribution in [0.2, 0.25) is 5.02 Å². The molecule has 31 heavy (non-hydrogen) atoms. The summed E-state index contributed by atoms with van der Waals surface area (Å²) in [6.07, 6.45) is -0.711. The van der Waals surface area contributed by atoms with Gasteiger partial charge in [-0.15, -0.1) is 0 Å². The summed E-state index contributed by atoms with van der Waals surface area (Å²) in [4.78, 5) is 26.9. The summed E-state index contributed by atoms with van der Waals surface area (Å²) >= 11 is 6.11. The molecule has 4 rings (SSSR count). The van der Waals surface area contributed by atoms with Crippen LogP contribution >= 0.6 is 11.6 Å². The molecule has 1 N–H and O–H groups in total. The normalized spacial score (nSPS) is 15.6. The lowest BCUT2D eigenvalue weighted by atomic mass is 10.1. The second-order valence-corrected chi connectivity index (χ2v) is 7.71. The van der Waals surface area contributed by atoms with Crippen molar-refractivity contribution < 1.29 is 18.7 Å². The third-order valence-electron chi connectivity index (χ3n) is 5.08. The molecule has 0 fully saturated rings. The maximum Gasteiger partial charge on any atom is 0.263 e. The van der Waals surface area contributed by atoms with Gasteiger partial charge in [-0.25, -0.2) is 4.39 Å². The van der Waals surface area contributed by atoms with E-state index in [2.05, 4.69) is 5.32 Å². The van der Waals surface area contributed by atoms with E-state index < -0.39 is 6.10 Å². The Hall–Kier alpha value is -3.38. The largest absolute Gasteiger partial charge is 0.481 e. The number of halogens is 2. The quantitative estimate of drug-likeness (QED) is 0.620. The maximum atomic E-state index is 14.1. The summed E-state index contributed by atoms with van der Waals surface area (Å²) in [5.74, 6) is -0.393. The Morgan fingerprint density at radius 1 is 1.16 bits per heavy atom. The Morgan fingerprint density at radius 2 is 1.90 bits per heavy atom. The Kier molecular flexibility index (Phi) is 5.91. The topological polar surface area (TPSA) is 58.6 Å². The zero-order valence-corrected chi connectivity index (χ0v) is 17.5. The van der Waals surface area contributed by atoms with Crippen molar-refractivity contribution in [2.24, 2.45) is 0 Å². The van der Waals surface area contributed by atoms with Crippen LogP contribution in [0.1, 0.15) is 28.4 Å². The molecule has 0 spiro atoms. The van der Waals surface area contributed by atoms with Crippen LogP contribution in [0.15, 0.2) is 66.7 Å². The molecule has 2 amide bonds. The third kappa shape index (κ3) is 4.54.